The van der Waals surface area contributed by atoms with Crippen molar-refractivity contribution in [2.45, 2.75) is 42.6 Å². The number of carbonyl (C=O) groups excluding carboxylic acids is 2. The summed E-state index contributed by atoms with van der Waals surface area (Å²) in [6.07, 6.45) is 0.286. The summed E-state index contributed by atoms with van der Waals surface area (Å²) in [5.74, 6) is -0.997. The van der Waals surface area contributed by atoms with Crippen LogP contribution >= 0.6 is 11.8 Å². The van der Waals surface area contributed by atoms with Crippen LogP contribution in [0.25, 0.3) is 11.1 Å². The van der Waals surface area contributed by atoms with Crippen molar-refractivity contribution in [1.29, 1.82) is 0 Å². The highest BCUT2D eigenvalue weighted by atomic mass is 32.2. The van der Waals surface area contributed by atoms with Crippen molar-refractivity contribution in [3.05, 3.63) is 90.2 Å². The van der Waals surface area contributed by atoms with E-state index in [0.717, 1.165) is 5.56 Å². The number of hydrogen-bond donors (Lipinski definition) is 2. The second-order valence-electron chi connectivity index (χ2n) is 10.0. The van der Waals surface area contributed by atoms with Crippen molar-refractivity contribution in [3.63, 3.8) is 0 Å². The summed E-state index contributed by atoms with van der Waals surface area (Å²) in [6, 6.07) is 20.2. The average molecular weight is 600 g/mol. The van der Waals surface area contributed by atoms with Crippen molar-refractivity contribution in [1.82, 2.24) is 9.62 Å². The molecule has 1 saturated heterocycles. The third kappa shape index (κ3) is 7.34. The van der Waals surface area contributed by atoms with Crippen LogP contribution in [-0.2, 0) is 24.3 Å². The number of esters is 1. The first-order valence-electron chi connectivity index (χ1n) is 13.4. The molecular weight excluding hydrogens is 565 g/mol. The van der Waals surface area contributed by atoms with Crippen LogP contribution in [-0.4, -0.2) is 54.9 Å². The summed E-state index contributed by atoms with van der Waals surface area (Å²) in [6.45, 7) is 3.86. The van der Waals surface area contributed by atoms with E-state index >= 15 is 0 Å². The molecule has 4 rings (SSSR count). The molecule has 1 fully saturated rings. The summed E-state index contributed by atoms with van der Waals surface area (Å²) < 4.78 is 47.9. The molecule has 3 atom stereocenters. The van der Waals surface area contributed by atoms with E-state index in [4.69, 9.17) is 10.5 Å². The number of rotatable bonds is 11. The number of ether oxygens (including phenoxy) is 1. The number of nitrogens with one attached hydrogen (secondary N) is 1. The van der Waals surface area contributed by atoms with Gasteiger partial charge in [-0.2, -0.15) is 4.31 Å². The largest absolute Gasteiger partial charge is 0.464 e. The van der Waals surface area contributed by atoms with E-state index in [2.05, 4.69) is 5.32 Å². The molecule has 1 heterocycles. The fraction of sp³-hybridized carbons (Fsp3) is 0.333. The predicted molar refractivity (Wildman–Crippen MR) is 158 cm³/mol. The molecule has 1 aliphatic heterocycles. The average Bonchev–Trinajstić information content (AvgIpc) is 3.48. The zero-order valence-electron chi connectivity index (χ0n) is 22.9. The monoisotopic (exact) mass is 599 g/mol. The summed E-state index contributed by atoms with van der Waals surface area (Å²) in [5.41, 5.74) is 7.59. The highest BCUT2D eigenvalue weighted by molar-refractivity contribution is 8.02. The van der Waals surface area contributed by atoms with Crippen molar-refractivity contribution in [2.75, 3.05) is 18.9 Å². The van der Waals surface area contributed by atoms with Gasteiger partial charge in [0, 0.05) is 24.3 Å². The molecule has 8 nitrogen and oxygen atoms in total. The van der Waals surface area contributed by atoms with Gasteiger partial charge in [0.05, 0.1) is 17.5 Å². The fourth-order valence-electron chi connectivity index (χ4n) is 4.44. The van der Waals surface area contributed by atoms with Crippen molar-refractivity contribution >= 4 is 33.7 Å². The number of hydrogen-bond acceptors (Lipinski definition) is 7. The molecule has 1 aliphatic rings. The molecule has 0 radical (unpaired) electrons. The molecule has 0 saturated carbocycles. The van der Waals surface area contributed by atoms with E-state index in [1.807, 2.05) is 44.2 Å². The molecular formula is C30H34FN3O5S2. The van der Waals surface area contributed by atoms with Crippen LogP contribution in [0, 0.1) is 11.7 Å². The zero-order valence-corrected chi connectivity index (χ0v) is 24.5. The summed E-state index contributed by atoms with van der Waals surface area (Å²) >= 11 is 1.24. The van der Waals surface area contributed by atoms with Gasteiger partial charge in [0.2, 0.25) is 15.9 Å². The first kappa shape index (κ1) is 30.7. The Morgan fingerprint density at radius 1 is 1.05 bits per heavy atom. The molecule has 3 aromatic carbocycles. The zero-order chi connectivity index (χ0) is 29.6. The number of carbonyl (C=O) groups is 2. The fourth-order valence-corrected chi connectivity index (χ4v) is 7.53. The molecule has 11 heteroatoms. The number of amides is 1. The van der Waals surface area contributed by atoms with Gasteiger partial charge in [-0.05, 0) is 35.2 Å². The number of nitrogens with two attached hydrogens (primary N) is 1. The van der Waals surface area contributed by atoms with E-state index in [1.54, 1.807) is 30.3 Å². The smallest absolute Gasteiger partial charge is 0.323 e. The van der Waals surface area contributed by atoms with Gasteiger partial charge in [0.1, 0.15) is 17.2 Å². The number of benzene rings is 3. The second-order valence-corrected chi connectivity index (χ2v) is 13.1. The lowest BCUT2D eigenvalue weighted by atomic mass is 10.0. The molecule has 0 spiro atoms. The lowest BCUT2D eigenvalue weighted by molar-refractivity contribution is -0.146. The number of nitrogens with zero attached hydrogens (tertiary/aromatic N) is 1. The van der Waals surface area contributed by atoms with Crippen molar-refractivity contribution < 1.29 is 27.1 Å². The van der Waals surface area contributed by atoms with E-state index in [-0.39, 0.29) is 30.4 Å². The number of thioether (sulfide) groups is 1. The third-order valence-corrected chi connectivity index (χ3v) is 10.1. The Hall–Kier alpha value is -3.25. The Balaban J connectivity index is 1.48. The van der Waals surface area contributed by atoms with Crippen LogP contribution in [0.4, 0.5) is 4.39 Å². The van der Waals surface area contributed by atoms with Gasteiger partial charge in [0.15, 0.2) is 0 Å². The minimum atomic E-state index is -4.01. The second kappa shape index (κ2) is 13.6. The predicted octanol–water partition coefficient (Wildman–Crippen LogP) is 4.33. The first-order chi connectivity index (χ1) is 19.6. The van der Waals surface area contributed by atoms with Gasteiger partial charge in [-0.1, -0.05) is 74.5 Å². The van der Waals surface area contributed by atoms with E-state index in [1.165, 1.54) is 34.3 Å². The quantitative estimate of drug-likeness (QED) is 0.315. The molecule has 0 bridgehead atoms. The molecule has 0 aromatic heterocycles. The van der Waals surface area contributed by atoms with E-state index in [0.29, 0.717) is 16.9 Å². The third-order valence-electron chi connectivity index (χ3n) is 6.88. The van der Waals surface area contributed by atoms with Crippen molar-refractivity contribution in [2.24, 2.45) is 11.7 Å². The summed E-state index contributed by atoms with van der Waals surface area (Å²) in [4.78, 5) is 25.7. The van der Waals surface area contributed by atoms with Gasteiger partial charge in [-0.3, -0.25) is 9.59 Å². The Morgan fingerprint density at radius 3 is 2.37 bits per heavy atom. The highest BCUT2D eigenvalue weighted by Crippen LogP contribution is 2.32. The minimum absolute atomic E-state index is 0.0194. The Bertz CT molecular complexity index is 1450. The Kier molecular flexibility index (Phi) is 10.2. The van der Waals surface area contributed by atoms with Crippen LogP contribution in [0.5, 0.6) is 0 Å². The standard InChI is InChI=1S/C30H34FN3O5S2/c1-20(2)27(32)30(36)39-18-16-26(22-8-4-3-5-9-22)33-28(35)29-34(17-19-40-29)41(37,38)23-14-12-21(13-15-23)24-10-6-7-11-25(24)31/h3-15,20,26-27,29H,16-19,32H2,1-2H3,(H,33,35)/t26-,27+,29-/m0/s1. The molecule has 0 unspecified atom stereocenters. The van der Waals surface area contributed by atoms with Gasteiger partial charge in [-0.25, -0.2) is 12.8 Å². The lowest BCUT2D eigenvalue weighted by Crippen LogP contribution is -2.46. The van der Waals surface area contributed by atoms with Crippen LogP contribution in [0.2, 0.25) is 0 Å². The topological polar surface area (TPSA) is 119 Å². The van der Waals surface area contributed by atoms with Crippen LogP contribution in [0.3, 0.4) is 0 Å². The van der Waals surface area contributed by atoms with Gasteiger partial charge < -0.3 is 15.8 Å². The van der Waals surface area contributed by atoms with Crippen LogP contribution in [0.1, 0.15) is 31.9 Å². The van der Waals surface area contributed by atoms with Crippen LogP contribution < -0.4 is 11.1 Å². The van der Waals surface area contributed by atoms with Crippen molar-refractivity contribution in [3.8, 4) is 11.1 Å². The molecule has 218 valence electrons. The molecule has 3 N–H and O–H groups in total. The summed E-state index contributed by atoms with van der Waals surface area (Å²) in [7, 11) is -4.01. The maximum Gasteiger partial charge on any atom is 0.323 e. The van der Waals surface area contributed by atoms with E-state index in [9.17, 15) is 22.4 Å². The lowest BCUT2D eigenvalue weighted by Gasteiger charge is -2.26. The highest BCUT2D eigenvalue weighted by Gasteiger charge is 2.40. The molecule has 1 amide bonds. The summed E-state index contributed by atoms with van der Waals surface area (Å²) in [5, 5.41) is 1.98. The number of halogens is 1. The molecule has 0 aliphatic carbocycles. The maximum atomic E-state index is 14.2. The van der Waals surface area contributed by atoms with Crippen LogP contribution in [0.15, 0.2) is 83.8 Å². The Labute approximate surface area is 244 Å². The molecule has 41 heavy (non-hydrogen) atoms. The normalized spacial score (nSPS) is 17.2. The maximum absolute atomic E-state index is 14.2. The van der Waals surface area contributed by atoms with Gasteiger partial charge in [-0.15, -0.1) is 11.8 Å². The minimum Gasteiger partial charge on any atom is -0.464 e. The van der Waals surface area contributed by atoms with E-state index < -0.39 is 45.2 Å². The van der Waals surface area contributed by atoms with Gasteiger partial charge >= 0.3 is 5.97 Å². The molecule has 3 aromatic rings. The Morgan fingerprint density at radius 2 is 1.71 bits per heavy atom. The van der Waals surface area contributed by atoms with Gasteiger partial charge in [0.25, 0.3) is 0 Å². The SMILES string of the molecule is CC(C)[C@@H](N)C(=O)OCC[C@H](NC(=O)[C@@H]1SCCN1S(=O)(=O)c1ccc(-c2ccccc2F)cc1)c1ccccc1. The number of sulfonamides is 1. The first-order valence-corrected chi connectivity index (χ1v) is 15.8.